The molecule has 18 heavy (non-hydrogen) atoms. The Hall–Kier alpha value is -0.650. The van der Waals surface area contributed by atoms with Crippen LogP contribution >= 0.6 is 0 Å². The Bertz CT molecular complexity index is 287. The van der Waals surface area contributed by atoms with Crippen LogP contribution in [0.25, 0.3) is 0 Å². The topological polar surface area (TPSA) is 56.8 Å². The van der Waals surface area contributed by atoms with Gasteiger partial charge in [0.25, 0.3) is 0 Å². The lowest BCUT2D eigenvalue weighted by atomic mass is 9.94. The van der Waals surface area contributed by atoms with E-state index in [0.29, 0.717) is 19.1 Å². The van der Waals surface area contributed by atoms with Gasteiger partial charge in [0, 0.05) is 6.61 Å². The second-order valence-corrected chi connectivity index (χ2v) is 5.06. The van der Waals surface area contributed by atoms with Gasteiger partial charge >= 0.3 is 5.97 Å². The van der Waals surface area contributed by atoms with E-state index in [0.717, 1.165) is 32.4 Å². The van der Waals surface area contributed by atoms with E-state index in [4.69, 9.17) is 14.2 Å². The fourth-order valence-corrected chi connectivity index (χ4v) is 2.58. The molecule has 0 bridgehead atoms. The summed E-state index contributed by atoms with van der Waals surface area (Å²) < 4.78 is 16.1. The highest BCUT2D eigenvalue weighted by atomic mass is 16.6. The average Bonchev–Trinajstić information content (AvgIpc) is 3.11. The van der Waals surface area contributed by atoms with E-state index < -0.39 is 5.54 Å². The second kappa shape index (κ2) is 5.99. The monoisotopic (exact) mass is 257 g/mol. The third-order valence-electron chi connectivity index (χ3n) is 3.75. The molecule has 0 spiro atoms. The van der Waals surface area contributed by atoms with E-state index in [1.54, 1.807) is 0 Å². The number of carbonyl (C=O) groups is 1. The molecule has 1 saturated heterocycles. The SMILES string of the molecule is CCNC(COC1CCOC1)(C(=O)OC)C1CC1. The van der Waals surface area contributed by atoms with Gasteiger partial charge in [-0.2, -0.15) is 0 Å². The molecule has 5 nitrogen and oxygen atoms in total. The Balaban J connectivity index is 1.99. The highest BCUT2D eigenvalue weighted by Gasteiger charge is 2.52. The van der Waals surface area contributed by atoms with Crippen LogP contribution in [0.3, 0.4) is 0 Å². The molecule has 2 rings (SSSR count). The van der Waals surface area contributed by atoms with Crippen LogP contribution in [-0.2, 0) is 19.0 Å². The summed E-state index contributed by atoms with van der Waals surface area (Å²) in [6, 6.07) is 0. The predicted octanol–water partition coefficient (Wildman–Crippen LogP) is 0.723. The van der Waals surface area contributed by atoms with Crippen LogP contribution in [0.2, 0.25) is 0 Å². The Kier molecular flexibility index (Phi) is 4.59. The molecule has 5 heteroatoms. The lowest BCUT2D eigenvalue weighted by molar-refractivity contribution is -0.154. The van der Waals surface area contributed by atoms with E-state index in [-0.39, 0.29) is 12.1 Å². The van der Waals surface area contributed by atoms with Crippen molar-refractivity contribution in [1.29, 1.82) is 0 Å². The van der Waals surface area contributed by atoms with Crippen LogP contribution in [0.5, 0.6) is 0 Å². The largest absolute Gasteiger partial charge is 0.468 e. The first-order chi connectivity index (χ1) is 8.73. The lowest BCUT2D eigenvalue weighted by Gasteiger charge is -2.32. The van der Waals surface area contributed by atoms with Gasteiger partial charge in [0.15, 0.2) is 0 Å². The van der Waals surface area contributed by atoms with Crippen LogP contribution in [0.4, 0.5) is 0 Å². The maximum atomic E-state index is 12.1. The second-order valence-electron chi connectivity index (χ2n) is 5.06. The number of likely N-dealkylation sites (N-methyl/N-ethyl adjacent to an activating group) is 1. The summed E-state index contributed by atoms with van der Waals surface area (Å²) in [7, 11) is 1.44. The van der Waals surface area contributed by atoms with Crippen molar-refractivity contribution in [3.05, 3.63) is 0 Å². The molecule has 0 aromatic carbocycles. The van der Waals surface area contributed by atoms with Crippen molar-refractivity contribution >= 4 is 5.97 Å². The minimum atomic E-state index is -0.661. The molecule has 2 unspecified atom stereocenters. The highest BCUT2D eigenvalue weighted by molar-refractivity contribution is 5.82. The minimum Gasteiger partial charge on any atom is -0.468 e. The number of hydrogen-bond acceptors (Lipinski definition) is 5. The quantitative estimate of drug-likeness (QED) is 0.681. The van der Waals surface area contributed by atoms with Gasteiger partial charge in [-0.1, -0.05) is 6.92 Å². The molecular weight excluding hydrogens is 234 g/mol. The van der Waals surface area contributed by atoms with Crippen molar-refractivity contribution in [1.82, 2.24) is 5.32 Å². The third-order valence-corrected chi connectivity index (χ3v) is 3.75. The van der Waals surface area contributed by atoms with E-state index in [2.05, 4.69) is 5.32 Å². The van der Waals surface area contributed by atoms with Crippen LogP contribution in [0.1, 0.15) is 26.2 Å². The van der Waals surface area contributed by atoms with Crippen LogP contribution in [0.15, 0.2) is 0 Å². The molecule has 0 aromatic heterocycles. The van der Waals surface area contributed by atoms with E-state index in [1.807, 2.05) is 6.92 Å². The number of nitrogens with one attached hydrogen (secondary N) is 1. The van der Waals surface area contributed by atoms with Gasteiger partial charge in [-0.3, -0.25) is 5.32 Å². The van der Waals surface area contributed by atoms with E-state index in [9.17, 15) is 4.79 Å². The number of esters is 1. The van der Waals surface area contributed by atoms with Gasteiger partial charge in [-0.15, -0.1) is 0 Å². The number of rotatable bonds is 7. The van der Waals surface area contributed by atoms with Gasteiger partial charge in [0.1, 0.15) is 5.54 Å². The van der Waals surface area contributed by atoms with Gasteiger partial charge in [-0.25, -0.2) is 4.79 Å². The molecule has 0 radical (unpaired) electrons. The van der Waals surface area contributed by atoms with Gasteiger partial charge in [0.2, 0.25) is 0 Å². The standard InChI is InChI=1S/C13H23NO4/c1-3-14-13(10-4-5-10,12(15)16-2)9-18-11-6-7-17-8-11/h10-11,14H,3-9H2,1-2H3. The maximum absolute atomic E-state index is 12.1. The minimum absolute atomic E-state index is 0.117. The van der Waals surface area contributed by atoms with Crippen molar-refractivity contribution in [2.45, 2.75) is 37.8 Å². The molecule has 1 aliphatic carbocycles. The molecular formula is C13H23NO4. The lowest BCUT2D eigenvalue weighted by Crippen LogP contribution is -2.58. The zero-order valence-electron chi connectivity index (χ0n) is 11.2. The molecule has 1 heterocycles. The van der Waals surface area contributed by atoms with Gasteiger partial charge in [-0.05, 0) is 31.7 Å². The Morgan fingerprint density at radius 1 is 1.44 bits per heavy atom. The summed E-state index contributed by atoms with van der Waals surface area (Å²) in [6.45, 7) is 4.50. The summed E-state index contributed by atoms with van der Waals surface area (Å²) in [4.78, 5) is 12.1. The van der Waals surface area contributed by atoms with Crippen molar-refractivity contribution in [2.24, 2.45) is 5.92 Å². The first-order valence-electron chi connectivity index (χ1n) is 6.75. The molecule has 2 fully saturated rings. The number of ether oxygens (including phenoxy) is 3. The number of carbonyl (C=O) groups excluding carboxylic acids is 1. The fourth-order valence-electron chi connectivity index (χ4n) is 2.58. The zero-order valence-corrected chi connectivity index (χ0v) is 11.2. The van der Waals surface area contributed by atoms with Crippen molar-refractivity contribution in [3.63, 3.8) is 0 Å². The first-order valence-corrected chi connectivity index (χ1v) is 6.75. The Labute approximate surface area is 108 Å². The van der Waals surface area contributed by atoms with E-state index in [1.165, 1.54) is 7.11 Å². The van der Waals surface area contributed by atoms with Crippen LogP contribution in [0, 0.1) is 5.92 Å². The number of hydrogen-bond donors (Lipinski definition) is 1. The normalized spacial score (nSPS) is 26.9. The predicted molar refractivity (Wildman–Crippen MR) is 66.3 cm³/mol. The Morgan fingerprint density at radius 3 is 2.72 bits per heavy atom. The van der Waals surface area contributed by atoms with Crippen molar-refractivity contribution in [2.75, 3.05) is 33.5 Å². The molecule has 2 atom stereocenters. The van der Waals surface area contributed by atoms with Crippen LogP contribution in [-0.4, -0.2) is 51.1 Å². The fraction of sp³-hybridized carbons (Fsp3) is 0.923. The van der Waals surface area contributed by atoms with Crippen molar-refractivity contribution < 1.29 is 19.0 Å². The van der Waals surface area contributed by atoms with Crippen LogP contribution < -0.4 is 5.32 Å². The maximum Gasteiger partial charge on any atom is 0.328 e. The molecule has 104 valence electrons. The first kappa shape index (κ1) is 13.8. The summed E-state index contributed by atoms with van der Waals surface area (Å²) >= 11 is 0. The summed E-state index contributed by atoms with van der Waals surface area (Å²) in [5, 5.41) is 3.29. The van der Waals surface area contributed by atoms with E-state index >= 15 is 0 Å². The summed E-state index contributed by atoms with van der Waals surface area (Å²) in [6.07, 6.45) is 3.15. The number of methoxy groups -OCH3 is 1. The Morgan fingerprint density at radius 2 is 2.22 bits per heavy atom. The smallest absolute Gasteiger partial charge is 0.328 e. The molecule has 0 amide bonds. The van der Waals surface area contributed by atoms with Gasteiger partial charge in [0.05, 0.1) is 26.4 Å². The molecule has 1 saturated carbocycles. The van der Waals surface area contributed by atoms with Gasteiger partial charge < -0.3 is 14.2 Å². The summed E-state index contributed by atoms with van der Waals surface area (Å²) in [5.41, 5.74) is -0.661. The highest BCUT2D eigenvalue weighted by Crippen LogP contribution is 2.41. The molecule has 1 aliphatic heterocycles. The molecule has 2 aliphatic rings. The summed E-state index contributed by atoms with van der Waals surface area (Å²) in [5.74, 6) is 0.137. The molecule has 0 aromatic rings. The molecule has 1 N–H and O–H groups in total. The zero-order chi connectivity index (χ0) is 13.0. The van der Waals surface area contributed by atoms with Crippen molar-refractivity contribution in [3.8, 4) is 0 Å². The average molecular weight is 257 g/mol. The third kappa shape index (κ3) is 2.84.